The molecule has 1 heterocycles. The second-order valence-corrected chi connectivity index (χ2v) is 5.72. The minimum Gasteiger partial charge on any atom is -0.396 e. The molecule has 1 saturated heterocycles. The number of rotatable bonds is 3. The summed E-state index contributed by atoms with van der Waals surface area (Å²) in [6.45, 7) is 0.913. The Labute approximate surface area is 102 Å². The number of amides is 1. The van der Waals surface area contributed by atoms with Crippen LogP contribution in [0.5, 0.6) is 0 Å². The summed E-state index contributed by atoms with van der Waals surface area (Å²) in [6, 6.07) is 0.190. The first-order chi connectivity index (χ1) is 8.29. The normalized spacial score (nSPS) is 44.2. The number of fused-ring (bicyclic) bond motifs is 2. The maximum Gasteiger partial charge on any atom is 0.249 e. The minimum atomic E-state index is -0.242. The predicted octanol–water partition coefficient (Wildman–Crippen LogP) is 0.689. The Bertz CT molecular complexity index is 301. The van der Waals surface area contributed by atoms with E-state index in [1.54, 1.807) is 0 Å². The molecule has 0 radical (unpaired) electrons. The molecule has 1 aliphatic heterocycles. The lowest BCUT2D eigenvalue weighted by molar-refractivity contribution is -0.131. The van der Waals surface area contributed by atoms with E-state index in [0.717, 1.165) is 12.8 Å². The molecule has 1 amide bonds. The molecule has 2 N–H and O–H groups in total. The van der Waals surface area contributed by atoms with Crippen molar-refractivity contribution in [3.63, 3.8) is 0 Å². The predicted molar refractivity (Wildman–Crippen MR) is 62.3 cm³/mol. The highest BCUT2D eigenvalue weighted by atomic mass is 16.5. The van der Waals surface area contributed by atoms with Crippen LogP contribution in [0.25, 0.3) is 0 Å². The summed E-state index contributed by atoms with van der Waals surface area (Å²) < 4.78 is 5.40. The van der Waals surface area contributed by atoms with Gasteiger partial charge in [-0.15, -0.1) is 0 Å². The largest absolute Gasteiger partial charge is 0.396 e. The maximum atomic E-state index is 12.0. The summed E-state index contributed by atoms with van der Waals surface area (Å²) in [7, 11) is 0. The Morgan fingerprint density at radius 3 is 2.82 bits per heavy atom. The number of carbonyl (C=O) groups excluding carboxylic acids is 1. The summed E-state index contributed by atoms with van der Waals surface area (Å²) in [6.07, 6.45) is 5.20. The van der Waals surface area contributed by atoms with Crippen LogP contribution in [0.15, 0.2) is 0 Å². The lowest BCUT2D eigenvalue weighted by Gasteiger charge is -2.31. The summed E-state index contributed by atoms with van der Waals surface area (Å²) in [4.78, 5) is 12.0. The van der Waals surface area contributed by atoms with E-state index in [-0.39, 0.29) is 30.6 Å². The number of aliphatic hydroxyl groups excluding tert-OH is 1. The van der Waals surface area contributed by atoms with Gasteiger partial charge >= 0.3 is 0 Å². The van der Waals surface area contributed by atoms with Crippen molar-refractivity contribution in [2.75, 3.05) is 13.2 Å². The number of nitrogens with one attached hydrogen (secondary N) is 1. The van der Waals surface area contributed by atoms with E-state index in [1.807, 2.05) is 0 Å². The monoisotopic (exact) mass is 239 g/mol. The second kappa shape index (κ2) is 4.58. The van der Waals surface area contributed by atoms with Crippen molar-refractivity contribution in [1.29, 1.82) is 0 Å². The van der Waals surface area contributed by atoms with Gasteiger partial charge in [0, 0.05) is 25.2 Å². The molecule has 3 fully saturated rings. The van der Waals surface area contributed by atoms with Crippen LogP contribution in [-0.2, 0) is 9.53 Å². The van der Waals surface area contributed by atoms with Gasteiger partial charge in [0.1, 0.15) is 6.10 Å². The van der Waals surface area contributed by atoms with Gasteiger partial charge in [-0.1, -0.05) is 0 Å². The van der Waals surface area contributed by atoms with Gasteiger partial charge in [0.2, 0.25) is 5.91 Å². The van der Waals surface area contributed by atoms with Crippen LogP contribution in [0.2, 0.25) is 0 Å². The summed E-state index contributed by atoms with van der Waals surface area (Å²) in [5, 5.41) is 12.6. The van der Waals surface area contributed by atoms with Crippen LogP contribution < -0.4 is 5.32 Å². The van der Waals surface area contributed by atoms with Gasteiger partial charge in [-0.05, 0) is 43.9 Å². The van der Waals surface area contributed by atoms with Gasteiger partial charge in [0.25, 0.3) is 0 Å². The van der Waals surface area contributed by atoms with Crippen LogP contribution >= 0.6 is 0 Å². The average molecular weight is 239 g/mol. The fourth-order valence-corrected chi connectivity index (χ4v) is 3.94. The van der Waals surface area contributed by atoms with E-state index in [9.17, 15) is 9.90 Å². The number of hydrogen-bond acceptors (Lipinski definition) is 3. The zero-order chi connectivity index (χ0) is 11.8. The van der Waals surface area contributed by atoms with Gasteiger partial charge in [0.15, 0.2) is 0 Å². The Morgan fingerprint density at radius 2 is 2.12 bits per heavy atom. The van der Waals surface area contributed by atoms with Crippen molar-refractivity contribution in [1.82, 2.24) is 5.32 Å². The smallest absolute Gasteiger partial charge is 0.249 e. The molecule has 2 saturated carbocycles. The molecule has 4 heteroatoms. The third-order valence-corrected chi connectivity index (χ3v) is 4.83. The van der Waals surface area contributed by atoms with E-state index in [2.05, 4.69) is 5.32 Å². The molecule has 3 aliphatic rings. The van der Waals surface area contributed by atoms with Crippen molar-refractivity contribution in [2.24, 2.45) is 17.8 Å². The molecule has 0 aromatic rings. The molecule has 0 aromatic carbocycles. The molecular formula is C13H21NO3. The standard InChI is InChI=1S/C13H21NO3/c15-7-10-8-3-4-9(6-8)12(10)14-13(16)11-2-1-5-17-11/h8-12,15H,1-7H2,(H,14,16). The van der Waals surface area contributed by atoms with Crippen LogP contribution in [0.3, 0.4) is 0 Å². The molecule has 5 unspecified atom stereocenters. The average Bonchev–Trinajstić information content (AvgIpc) is 3.05. The van der Waals surface area contributed by atoms with Crippen LogP contribution in [0, 0.1) is 17.8 Å². The highest BCUT2D eigenvalue weighted by molar-refractivity contribution is 5.81. The van der Waals surface area contributed by atoms with Crippen molar-refractivity contribution in [3.8, 4) is 0 Å². The molecule has 5 atom stereocenters. The van der Waals surface area contributed by atoms with Gasteiger partial charge in [-0.2, -0.15) is 0 Å². The molecule has 3 rings (SSSR count). The van der Waals surface area contributed by atoms with E-state index < -0.39 is 0 Å². The van der Waals surface area contributed by atoms with Crippen LogP contribution in [0.1, 0.15) is 32.1 Å². The number of hydrogen-bond donors (Lipinski definition) is 2. The molecular weight excluding hydrogens is 218 g/mol. The van der Waals surface area contributed by atoms with Crippen molar-refractivity contribution in [2.45, 2.75) is 44.2 Å². The van der Waals surface area contributed by atoms with Crippen molar-refractivity contribution < 1.29 is 14.6 Å². The minimum absolute atomic E-state index is 0.0403. The van der Waals surface area contributed by atoms with Crippen molar-refractivity contribution in [3.05, 3.63) is 0 Å². The molecule has 0 aromatic heterocycles. The fourth-order valence-electron chi connectivity index (χ4n) is 3.94. The zero-order valence-electron chi connectivity index (χ0n) is 10.1. The topological polar surface area (TPSA) is 58.6 Å². The highest BCUT2D eigenvalue weighted by Gasteiger charge is 2.48. The van der Waals surface area contributed by atoms with Crippen molar-refractivity contribution >= 4 is 5.91 Å². The summed E-state index contributed by atoms with van der Waals surface area (Å²) >= 11 is 0. The first kappa shape index (κ1) is 11.5. The number of aliphatic hydroxyl groups is 1. The lowest BCUT2D eigenvalue weighted by atomic mass is 9.85. The Balaban J connectivity index is 1.62. The number of ether oxygens (including phenoxy) is 1. The molecule has 4 nitrogen and oxygen atoms in total. The quantitative estimate of drug-likeness (QED) is 0.762. The maximum absolute atomic E-state index is 12.0. The summed E-state index contributed by atoms with van der Waals surface area (Å²) in [5.41, 5.74) is 0. The third kappa shape index (κ3) is 1.97. The third-order valence-electron chi connectivity index (χ3n) is 4.83. The fraction of sp³-hybridized carbons (Fsp3) is 0.923. The van der Waals surface area contributed by atoms with E-state index in [1.165, 1.54) is 19.3 Å². The van der Waals surface area contributed by atoms with E-state index in [0.29, 0.717) is 18.4 Å². The molecule has 2 aliphatic carbocycles. The van der Waals surface area contributed by atoms with E-state index in [4.69, 9.17) is 4.74 Å². The van der Waals surface area contributed by atoms with Gasteiger partial charge in [-0.25, -0.2) is 0 Å². The van der Waals surface area contributed by atoms with E-state index >= 15 is 0 Å². The second-order valence-electron chi connectivity index (χ2n) is 5.72. The van der Waals surface area contributed by atoms with Crippen LogP contribution in [0.4, 0.5) is 0 Å². The Hall–Kier alpha value is -0.610. The van der Waals surface area contributed by atoms with Gasteiger partial charge in [0.05, 0.1) is 0 Å². The molecule has 2 bridgehead atoms. The molecule has 96 valence electrons. The molecule has 17 heavy (non-hydrogen) atoms. The van der Waals surface area contributed by atoms with Crippen LogP contribution in [-0.4, -0.2) is 36.4 Å². The highest BCUT2D eigenvalue weighted by Crippen LogP contribution is 2.48. The number of carbonyl (C=O) groups is 1. The summed E-state index contributed by atoms with van der Waals surface area (Å²) in [5.74, 6) is 1.53. The Morgan fingerprint density at radius 1 is 1.29 bits per heavy atom. The Kier molecular flexibility index (Phi) is 3.09. The van der Waals surface area contributed by atoms with Gasteiger partial charge < -0.3 is 15.2 Å². The molecule has 0 spiro atoms. The SMILES string of the molecule is O=C(NC1C2CCC(C2)C1CO)C1CCCO1. The van der Waals surface area contributed by atoms with Gasteiger partial charge in [-0.3, -0.25) is 4.79 Å². The first-order valence-electron chi connectivity index (χ1n) is 6.82. The lowest BCUT2D eigenvalue weighted by Crippen LogP contribution is -2.48. The zero-order valence-corrected chi connectivity index (χ0v) is 10.1. The first-order valence-corrected chi connectivity index (χ1v) is 6.82.